The maximum Gasteiger partial charge on any atom is 0.0582 e. The molecule has 0 aromatic heterocycles. The fourth-order valence-corrected chi connectivity index (χ4v) is 1.37. The molecule has 1 N–H and O–H groups in total. The summed E-state index contributed by atoms with van der Waals surface area (Å²) in [6, 6.07) is 0. The van der Waals surface area contributed by atoms with Crippen LogP contribution >= 0.6 is 0 Å². The molecule has 0 radical (unpaired) electrons. The molecule has 0 amide bonds. The third-order valence-electron chi connectivity index (χ3n) is 2.17. The van der Waals surface area contributed by atoms with Crippen LogP contribution in [0.4, 0.5) is 0 Å². The van der Waals surface area contributed by atoms with Crippen molar-refractivity contribution in [1.82, 2.24) is 5.32 Å². The number of nitrogens with one attached hydrogen (secondary N) is 1. The van der Waals surface area contributed by atoms with Crippen LogP contribution in [0.1, 0.15) is 39.5 Å². The zero-order valence-electron chi connectivity index (χ0n) is 8.06. The van der Waals surface area contributed by atoms with E-state index in [-0.39, 0.29) is 0 Å². The molecule has 0 saturated heterocycles. The largest absolute Gasteiger partial charge is 0.387 e. The van der Waals surface area contributed by atoms with Gasteiger partial charge in [0.1, 0.15) is 0 Å². The molecule has 0 fully saturated rings. The van der Waals surface area contributed by atoms with Crippen LogP contribution in [-0.4, -0.2) is 12.8 Å². The highest BCUT2D eigenvalue weighted by atomic mass is 14.9. The van der Waals surface area contributed by atoms with Gasteiger partial charge in [0.2, 0.25) is 0 Å². The third kappa shape index (κ3) is 2.68. The molecule has 1 rings (SSSR count). The first-order chi connectivity index (χ1) is 5.84. The van der Waals surface area contributed by atoms with Crippen molar-refractivity contribution in [3.8, 4) is 0 Å². The van der Waals surface area contributed by atoms with Crippen molar-refractivity contribution in [2.45, 2.75) is 39.5 Å². The quantitative estimate of drug-likeness (QED) is 0.636. The van der Waals surface area contributed by atoms with E-state index >= 15 is 0 Å². The average molecular weight is 166 g/mol. The summed E-state index contributed by atoms with van der Waals surface area (Å²) in [6.45, 7) is 5.36. The summed E-state index contributed by atoms with van der Waals surface area (Å²) in [7, 11) is 0. The molecule has 0 saturated carbocycles. The van der Waals surface area contributed by atoms with Gasteiger partial charge in [-0.05, 0) is 32.6 Å². The molecule has 0 aliphatic carbocycles. The molecular weight excluding hydrogens is 148 g/mol. The van der Waals surface area contributed by atoms with Crippen LogP contribution in [-0.2, 0) is 0 Å². The lowest BCUT2D eigenvalue weighted by Gasteiger charge is -2.07. The number of allylic oxidation sites excluding steroid dienone is 2. The van der Waals surface area contributed by atoms with Crippen LogP contribution in [0, 0.1) is 0 Å². The topological polar surface area (TPSA) is 24.4 Å². The highest BCUT2D eigenvalue weighted by Crippen LogP contribution is 2.09. The molecule has 12 heavy (non-hydrogen) atoms. The minimum atomic E-state index is 1.02. The lowest BCUT2D eigenvalue weighted by Crippen LogP contribution is -2.13. The Morgan fingerprint density at radius 2 is 2.33 bits per heavy atom. The van der Waals surface area contributed by atoms with Crippen molar-refractivity contribution in [3.63, 3.8) is 0 Å². The smallest absolute Gasteiger partial charge is 0.0582 e. The lowest BCUT2D eigenvalue weighted by molar-refractivity contribution is 0.693. The van der Waals surface area contributed by atoms with Gasteiger partial charge in [-0.25, -0.2) is 0 Å². The maximum atomic E-state index is 4.43. The minimum Gasteiger partial charge on any atom is -0.387 e. The Hall–Kier alpha value is -0.790. The molecule has 2 nitrogen and oxygen atoms in total. The number of hydrogen-bond donors (Lipinski definition) is 1. The standard InChI is InChI=1S/C10H18N2/c1-3-10-9(2)11-7-5-4-6-8-12-10/h8,11H,3-7H2,1-2H3/b10-9-,12-8?. The predicted molar refractivity (Wildman–Crippen MR) is 53.3 cm³/mol. The molecule has 2 heteroatoms. The molecule has 1 aliphatic heterocycles. The van der Waals surface area contributed by atoms with Gasteiger partial charge in [-0.1, -0.05) is 6.92 Å². The van der Waals surface area contributed by atoms with E-state index in [2.05, 4.69) is 30.4 Å². The molecule has 0 bridgehead atoms. The zero-order chi connectivity index (χ0) is 8.81. The van der Waals surface area contributed by atoms with Crippen LogP contribution in [0.25, 0.3) is 0 Å². The van der Waals surface area contributed by atoms with Crippen LogP contribution in [0.15, 0.2) is 16.4 Å². The van der Waals surface area contributed by atoms with E-state index in [1.165, 1.54) is 24.2 Å². The normalized spacial score (nSPS) is 25.5. The monoisotopic (exact) mass is 166 g/mol. The average Bonchev–Trinajstić information content (AvgIpc) is 2.17. The fraction of sp³-hybridized carbons (Fsp3) is 0.700. The van der Waals surface area contributed by atoms with Crippen molar-refractivity contribution in [3.05, 3.63) is 11.4 Å². The Morgan fingerprint density at radius 1 is 1.50 bits per heavy atom. The Morgan fingerprint density at radius 3 is 3.08 bits per heavy atom. The number of rotatable bonds is 1. The highest BCUT2D eigenvalue weighted by molar-refractivity contribution is 5.59. The van der Waals surface area contributed by atoms with Crippen molar-refractivity contribution >= 4 is 6.21 Å². The third-order valence-corrected chi connectivity index (χ3v) is 2.17. The molecule has 0 atom stereocenters. The van der Waals surface area contributed by atoms with Crippen LogP contribution < -0.4 is 5.32 Å². The highest BCUT2D eigenvalue weighted by Gasteiger charge is 1.99. The Labute approximate surface area is 74.8 Å². The number of hydrogen-bond acceptors (Lipinski definition) is 2. The summed E-state index contributed by atoms with van der Waals surface area (Å²) in [4.78, 5) is 4.43. The molecule has 68 valence electrons. The molecule has 1 heterocycles. The summed E-state index contributed by atoms with van der Waals surface area (Å²) < 4.78 is 0. The second-order valence-electron chi connectivity index (χ2n) is 3.16. The summed E-state index contributed by atoms with van der Waals surface area (Å²) >= 11 is 0. The minimum absolute atomic E-state index is 1.02. The molecule has 1 aliphatic rings. The Bertz CT molecular complexity index is 192. The van der Waals surface area contributed by atoms with Crippen molar-refractivity contribution < 1.29 is 0 Å². The molecule has 0 aromatic carbocycles. The number of aliphatic imine (C=N–C) groups is 1. The fourth-order valence-electron chi connectivity index (χ4n) is 1.37. The van der Waals surface area contributed by atoms with E-state index in [1.807, 2.05) is 0 Å². The first-order valence-corrected chi connectivity index (χ1v) is 4.80. The second-order valence-corrected chi connectivity index (χ2v) is 3.16. The predicted octanol–water partition coefficient (Wildman–Crippen LogP) is 2.47. The van der Waals surface area contributed by atoms with Gasteiger partial charge in [0.25, 0.3) is 0 Å². The molecule has 0 aromatic rings. The van der Waals surface area contributed by atoms with E-state index in [1.54, 1.807) is 0 Å². The van der Waals surface area contributed by atoms with Crippen LogP contribution in [0.3, 0.4) is 0 Å². The van der Waals surface area contributed by atoms with Crippen molar-refractivity contribution in [2.75, 3.05) is 6.54 Å². The van der Waals surface area contributed by atoms with Crippen molar-refractivity contribution in [1.29, 1.82) is 0 Å². The first-order valence-electron chi connectivity index (χ1n) is 4.80. The lowest BCUT2D eigenvalue weighted by atomic mass is 10.2. The van der Waals surface area contributed by atoms with Gasteiger partial charge in [0, 0.05) is 18.5 Å². The molecular formula is C10H18N2. The SMILES string of the molecule is CC/C1=C(\C)NCCCCC=N1. The van der Waals surface area contributed by atoms with Crippen LogP contribution in [0.5, 0.6) is 0 Å². The van der Waals surface area contributed by atoms with Gasteiger partial charge in [-0.3, -0.25) is 4.99 Å². The Balaban J connectivity index is 2.67. The zero-order valence-corrected chi connectivity index (χ0v) is 8.06. The van der Waals surface area contributed by atoms with Gasteiger partial charge in [-0.2, -0.15) is 0 Å². The summed E-state index contributed by atoms with van der Waals surface area (Å²) in [6.07, 6.45) is 6.70. The van der Waals surface area contributed by atoms with Crippen LogP contribution in [0.2, 0.25) is 0 Å². The summed E-state index contributed by atoms with van der Waals surface area (Å²) in [5, 5.41) is 3.39. The van der Waals surface area contributed by atoms with E-state index in [0.29, 0.717) is 0 Å². The number of nitrogens with zero attached hydrogens (tertiary/aromatic N) is 1. The van der Waals surface area contributed by atoms with Gasteiger partial charge < -0.3 is 5.32 Å². The summed E-state index contributed by atoms with van der Waals surface area (Å²) in [5.41, 5.74) is 2.45. The van der Waals surface area contributed by atoms with E-state index < -0.39 is 0 Å². The van der Waals surface area contributed by atoms with Gasteiger partial charge >= 0.3 is 0 Å². The van der Waals surface area contributed by atoms with E-state index in [4.69, 9.17) is 0 Å². The van der Waals surface area contributed by atoms with E-state index in [9.17, 15) is 0 Å². The van der Waals surface area contributed by atoms with Gasteiger partial charge in [0.15, 0.2) is 0 Å². The molecule has 0 spiro atoms. The van der Waals surface area contributed by atoms with Gasteiger partial charge in [-0.15, -0.1) is 0 Å². The maximum absolute atomic E-state index is 4.43. The Kier molecular flexibility index (Phi) is 3.85. The van der Waals surface area contributed by atoms with Crippen molar-refractivity contribution in [2.24, 2.45) is 4.99 Å². The first kappa shape index (κ1) is 9.30. The van der Waals surface area contributed by atoms with Gasteiger partial charge in [0.05, 0.1) is 5.70 Å². The molecule has 0 unspecified atom stereocenters. The summed E-state index contributed by atoms with van der Waals surface area (Å²) in [5.74, 6) is 0. The second kappa shape index (κ2) is 4.96. The van der Waals surface area contributed by atoms with E-state index in [0.717, 1.165) is 19.4 Å².